The number of aromatic nitrogens is 2. The molecule has 0 atom stereocenters. The number of benzene rings is 2. The first-order valence-electron chi connectivity index (χ1n) is 7.37. The van der Waals surface area contributed by atoms with E-state index >= 15 is 0 Å². The third-order valence-electron chi connectivity index (χ3n) is 3.74. The fourth-order valence-corrected chi connectivity index (χ4v) is 3.14. The van der Waals surface area contributed by atoms with E-state index in [9.17, 15) is 10.1 Å². The summed E-state index contributed by atoms with van der Waals surface area (Å²) in [5.41, 5.74) is 2.17. The minimum Gasteiger partial charge on any atom is -0.493 e. The lowest BCUT2D eigenvalue weighted by Crippen LogP contribution is -2.12. The van der Waals surface area contributed by atoms with Crippen LogP contribution < -0.4 is 9.64 Å². The average Bonchev–Trinajstić information content (AvgIpc) is 2.60. The third kappa shape index (κ3) is 3.12. The second-order valence-electron chi connectivity index (χ2n) is 5.57. The molecule has 3 aromatic rings. The van der Waals surface area contributed by atoms with Crippen LogP contribution in [0, 0.1) is 10.1 Å². The number of fused-ring (bicyclic) bond motifs is 1. The second-order valence-corrected chi connectivity index (χ2v) is 6.43. The van der Waals surface area contributed by atoms with Crippen LogP contribution in [0.1, 0.15) is 0 Å². The summed E-state index contributed by atoms with van der Waals surface area (Å²) in [4.78, 5) is 21.4. The number of hydrogen-bond donors (Lipinski definition) is 0. The predicted molar refractivity (Wildman–Crippen MR) is 100 cm³/mol. The molecule has 0 fully saturated rings. The van der Waals surface area contributed by atoms with Gasteiger partial charge in [0.15, 0.2) is 5.75 Å². The van der Waals surface area contributed by atoms with Crippen molar-refractivity contribution in [1.82, 2.24) is 9.97 Å². The summed E-state index contributed by atoms with van der Waals surface area (Å²) in [5, 5.41) is 11.8. The van der Waals surface area contributed by atoms with Crippen molar-refractivity contribution < 1.29 is 9.66 Å². The van der Waals surface area contributed by atoms with Crippen LogP contribution in [0.4, 0.5) is 11.6 Å². The van der Waals surface area contributed by atoms with Crippen molar-refractivity contribution in [2.24, 2.45) is 0 Å². The molecule has 0 amide bonds. The first-order chi connectivity index (χ1) is 11.9. The van der Waals surface area contributed by atoms with Crippen LogP contribution in [-0.2, 0) is 0 Å². The van der Waals surface area contributed by atoms with E-state index in [0.29, 0.717) is 27.3 Å². The molecule has 2 aromatic carbocycles. The van der Waals surface area contributed by atoms with Gasteiger partial charge in [0.05, 0.1) is 16.5 Å². The van der Waals surface area contributed by atoms with Gasteiger partial charge >= 0.3 is 0 Å². The molecule has 1 heterocycles. The number of nitrogens with zero attached hydrogens (tertiary/aromatic N) is 4. The number of halogens is 1. The van der Waals surface area contributed by atoms with E-state index in [1.165, 1.54) is 12.1 Å². The lowest BCUT2D eigenvalue weighted by molar-refractivity contribution is -0.384. The molecule has 8 heteroatoms. The second kappa shape index (κ2) is 6.64. The molecule has 0 aliphatic rings. The Morgan fingerprint density at radius 3 is 2.68 bits per heavy atom. The molecule has 0 N–H and O–H groups in total. The molecule has 3 rings (SSSR count). The fraction of sp³-hybridized carbons (Fsp3) is 0.176. The Hall–Kier alpha value is -2.74. The van der Waals surface area contributed by atoms with E-state index in [0.717, 1.165) is 10.9 Å². The summed E-state index contributed by atoms with van der Waals surface area (Å²) >= 11 is 3.50. The van der Waals surface area contributed by atoms with Gasteiger partial charge in [0.2, 0.25) is 5.95 Å². The number of methoxy groups -OCH3 is 1. The molecular weight excluding hydrogens is 388 g/mol. The van der Waals surface area contributed by atoms with Crippen molar-refractivity contribution in [1.29, 1.82) is 0 Å². The molecule has 128 valence electrons. The van der Waals surface area contributed by atoms with Gasteiger partial charge in [-0.15, -0.1) is 0 Å². The normalized spacial score (nSPS) is 10.7. The number of non-ortho nitro benzene ring substituents is 1. The summed E-state index contributed by atoms with van der Waals surface area (Å²) in [6, 6.07) is 8.34. The van der Waals surface area contributed by atoms with E-state index < -0.39 is 4.92 Å². The first kappa shape index (κ1) is 17.1. The van der Waals surface area contributed by atoms with Crippen LogP contribution in [0.15, 0.2) is 41.0 Å². The summed E-state index contributed by atoms with van der Waals surface area (Å²) in [7, 11) is 5.28. The van der Waals surface area contributed by atoms with Crippen LogP contribution in [0.3, 0.4) is 0 Å². The third-order valence-corrected chi connectivity index (χ3v) is 4.33. The Morgan fingerprint density at radius 1 is 1.28 bits per heavy atom. The van der Waals surface area contributed by atoms with Gasteiger partial charge in [0.1, 0.15) is 5.52 Å². The van der Waals surface area contributed by atoms with Gasteiger partial charge in [0.25, 0.3) is 5.69 Å². The summed E-state index contributed by atoms with van der Waals surface area (Å²) in [5.74, 6) is 1.14. The summed E-state index contributed by atoms with van der Waals surface area (Å²) in [6.45, 7) is 0. The van der Waals surface area contributed by atoms with Crippen molar-refractivity contribution >= 4 is 38.5 Å². The number of ether oxygens (including phenoxy) is 1. The Morgan fingerprint density at radius 2 is 2.04 bits per heavy atom. The zero-order valence-corrected chi connectivity index (χ0v) is 15.4. The maximum atomic E-state index is 11.1. The first-order valence-corrected chi connectivity index (χ1v) is 8.17. The molecule has 0 saturated heterocycles. The van der Waals surface area contributed by atoms with E-state index in [2.05, 4.69) is 25.9 Å². The van der Waals surface area contributed by atoms with Crippen LogP contribution in [0.25, 0.3) is 22.0 Å². The highest BCUT2D eigenvalue weighted by Gasteiger charge is 2.17. The van der Waals surface area contributed by atoms with Crippen LogP contribution in [-0.4, -0.2) is 36.1 Å². The summed E-state index contributed by atoms with van der Waals surface area (Å²) in [6.07, 6.45) is 1.71. The number of nitro benzene ring substituents is 1. The average molecular weight is 403 g/mol. The van der Waals surface area contributed by atoms with E-state index in [1.807, 2.05) is 26.2 Å². The Bertz CT molecular complexity index is 976. The SMILES string of the molecule is COc1c(Br)cc(-c2cccc([N+](=O)[O-])c2)c2cnc(N(C)C)nc12. The van der Waals surface area contributed by atoms with Gasteiger partial charge in [-0.25, -0.2) is 9.97 Å². The van der Waals surface area contributed by atoms with Gasteiger partial charge in [-0.2, -0.15) is 0 Å². The molecule has 7 nitrogen and oxygen atoms in total. The molecule has 0 bridgehead atoms. The lowest BCUT2D eigenvalue weighted by Gasteiger charge is -2.15. The summed E-state index contributed by atoms with van der Waals surface area (Å²) < 4.78 is 6.20. The quantitative estimate of drug-likeness (QED) is 0.483. The van der Waals surface area contributed by atoms with E-state index in [1.54, 1.807) is 24.3 Å². The standard InChI is InChI=1S/C17H15BrN4O3/c1-21(2)17-19-9-13-12(8-14(18)16(25-3)15(13)20-17)10-5-4-6-11(7-10)22(23)24/h4-9H,1-3H3. The van der Waals surface area contributed by atoms with Crippen molar-refractivity contribution in [2.45, 2.75) is 0 Å². The van der Waals surface area contributed by atoms with Crippen molar-refractivity contribution in [2.75, 3.05) is 26.1 Å². The number of rotatable bonds is 4. The van der Waals surface area contributed by atoms with E-state index in [-0.39, 0.29) is 5.69 Å². The van der Waals surface area contributed by atoms with Gasteiger partial charge in [0, 0.05) is 37.8 Å². The minimum absolute atomic E-state index is 0.0309. The van der Waals surface area contributed by atoms with Crippen LogP contribution in [0.5, 0.6) is 5.75 Å². The molecule has 0 saturated carbocycles. The van der Waals surface area contributed by atoms with Crippen molar-refractivity contribution in [3.63, 3.8) is 0 Å². The molecule has 0 aliphatic carbocycles. The van der Waals surface area contributed by atoms with Crippen LogP contribution >= 0.6 is 15.9 Å². The van der Waals surface area contributed by atoms with Crippen molar-refractivity contribution in [3.05, 3.63) is 51.1 Å². The van der Waals surface area contributed by atoms with E-state index in [4.69, 9.17) is 4.74 Å². The predicted octanol–water partition coefficient (Wildman–Crippen LogP) is 4.04. The Kier molecular flexibility index (Phi) is 4.54. The molecule has 0 radical (unpaired) electrons. The largest absolute Gasteiger partial charge is 0.493 e. The zero-order valence-electron chi connectivity index (χ0n) is 13.9. The van der Waals surface area contributed by atoms with Gasteiger partial charge in [-0.1, -0.05) is 12.1 Å². The molecule has 0 unspecified atom stereocenters. The maximum absolute atomic E-state index is 11.1. The smallest absolute Gasteiger partial charge is 0.270 e. The Balaban J connectivity index is 2.33. The number of hydrogen-bond acceptors (Lipinski definition) is 6. The molecular formula is C17H15BrN4O3. The molecule has 1 aromatic heterocycles. The maximum Gasteiger partial charge on any atom is 0.270 e. The highest BCUT2D eigenvalue weighted by Crippen LogP contribution is 2.40. The molecule has 0 spiro atoms. The monoisotopic (exact) mass is 402 g/mol. The van der Waals surface area contributed by atoms with Gasteiger partial charge in [-0.3, -0.25) is 10.1 Å². The topological polar surface area (TPSA) is 81.4 Å². The minimum atomic E-state index is -0.412. The lowest BCUT2D eigenvalue weighted by atomic mass is 10.0. The van der Waals surface area contributed by atoms with Gasteiger partial charge in [-0.05, 0) is 33.1 Å². The highest BCUT2D eigenvalue weighted by molar-refractivity contribution is 9.10. The Labute approximate surface area is 152 Å². The highest BCUT2D eigenvalue weighted by atomic mass is 79.9. The zero-order chi connectivity index (χ0) is 18.1. The van der Waals surface area contributed by atoms with Crippen molar-refractivity contribution in [3.8, 4) is 16.9 Å². The van der Waals surface area contributed by atoms with Gasteiger partial charge < -0.3 is 9.64 Å². The van der Waals surface area contributed by atoms with Crippen LogP contribution in [0.2, 0.25) is 0 Å². The molecule has 25 heavy (non-hydrogen) atoms. The fourth-order valence-electron chi connectivity index (χ4n) is 2.56. The number of anilines is 1. The number of nitro groups is 1. The molecule has 0 aliphatic heterocycles.